The van der Waals surface area contributed by atoms with Crippen LogP contribution in [0.15, 0.2) is 64.0 Å². The van der Waals surface area contributed by atoms with Crippen molar-refractivity contribution >= 4 is 31.7 Å². The molecule has 1 N–H and O–H groups in total. The molecule has 0 aliphatic rings. The van der Waals surface area contributed by atoms with Crippen LogP contribution in [-0.4, -0.2) is 20.1 Å². The molecule has 2 aromatic rings. The lowest BCUT2D eigenvalue weighted by Crippen LogP contribution is -2.28. The van der Waals surface area contributed by atoms with Crippen LogP contribution in [0.25, 0.3) is 0 Å². The van der Waals surface area contributed by atoms with Crippen LogP contribution in [0.5, 0.6) is 0 Å². The number of sulfone groups is 1. The first-order chi connectivity index (χ1) is 10.9. The van der Waals surface area contributed by atoms with Gasteiger partial charge in [0.1, 0.15) is 0 Å². The SMILES string of the molecule is C[C@@H](NC(=O)CCS(=O)(=O)c1ccccc1)c1ccccc1Br. The highest BCUT2D eigenvalue weighted by atomic mass is 79.9. The van der Waals surface area contributed by atoms with Gasteiger partial charge in [-0.15, -0.1) is 0 Å². The summed E-state index contributed by atoms with van der Waals surface area (Å²) in [6, 6.07) is 15.6. The van der Waals surface area contributed by atoms with Crippen molar-refractivity contribution in [3.8, 4) is 0 Å². The van der Waals surface area contributed by atoms with Crippen molar-refractivity contribution < 1.29 is 13.2 Å². The molecular formula is C17H18BrNO3S. The third-order valence-corrected chi connectivity index (χ3v) is 5.90. The van der Waals surface area contributed by atoms with Gasteiger partial charge in [0, 0.05) is 10.9 Å². The highest BCUT2D eigenvalue weighted by molar-refractivity contribution is 9.10. The van der Waals surface area contributed by atoms with Crippen LogP contribution in [0.1, 0.15) is 24.9 Å². The second-order valence-corrected chi connectivity index (χ2v) is 8.16. The van der Waals surface area contributed by atoms with Gasteiger partial charge >= 0.3 is 0 Å². The number of carbonyl (C=O) groups excluding carboxylic acids is 1. The van der Waals surface area contributed by atoms with E-state index < -0.39 is 9.84 Å². The van der Waals surface area contributed by atoms with Crippen LogP contribution in [-0.2, 0) is 14.6 Å². The molecule has 23 heavy (non-hydrogen) atoms. The summed E-state index contributed by atoms with van der Waals surface area (Å²) in [7, 11) is -3.43. The van der Waals surface area contributed by atoms with Gasteiger partial charge in [0.05, 0.1) is 16.7 Å². The van der Waals surface area contributed by atoms with Crippen LogP contribution >= 0.6 is 15.9 Å². The van der Waals surface area contributed by atoms with E-state index in [0.29, 0.717) is 0 Å². The fraction of sp³-hybridized carbons (Fsp3) is 0.235. The zero-order valence-electron chi connectivity index (χ0n) is 12.7. The molecule has 1 atom stereocenters. The molecule has 0 aromatic heterocycles. The summed E-state index contributed by atoms with van der Waals surface area (Å²) >= 11 is 3.44. The summed E-state index contributed by atoms with van der Waals surface area (Å²) in [5, 5.41) is 2.83. The Morgan fingerprint density at radius 3 is 2.35 bits per heavy atom. The van der Waals surface area contributed by atoms with Gasteiger partial charge in [-0.2, -0.15) is 0 Å². The smallest absolute Gasteiger partial charge is 0.221 e. The van der Waals surface area contributed by atoms with Crippen LogP contribution in [0.3, 0.4) is 0 Å². The van der Waals surface area contributed by atoms with E-state index in [9.17, 15) is 13.2 Å². The molecule has 1 amide bonds. The third-order valence-electron chi connectivity index (χ3n) is 3.45. The first-order valence-corrected chi connectivity index (χ1v) is 9.66. The summed E-state index contributed by atoms with van der Waals surface area (Å²) in [6.45, 7) is 1.86. The van der Waals surface area contributed by atoms with Crippen molar-refractivity contribution in [1.82, 2.24) is 5.32 Å². The van der Waals surface area contributed by atoms with E-state index in [-0.39, 0.29) is 29.0 Å². The van der Waals surface area contributed by atoms with Gasteiger partial charge in [0.2, 0.25) is 5.91 Å². The molecular weight excluding hydrogens is 378 g/mol. The summed E-state index contributed by atoms with van der Waals surface area (Å²) in [5.74, 6) is -0.487. The molecule has 0 saturated carbocycles. The number of nitrogens with one attached hydrogen (secondary N) is 1. The fourth-order valence-corrected chi connectivity index (χ4v) is 4.08. The first-order valence-electron chi connectivity index (χ1n) is 7.22. The Hall–Kier alpha value is -1.66. The number of hydrogen-bond donors (Lipinski definition) is 1. The Bertz CT molecular complexity index is 775. The van der Waals surface area contributed by atoms with Gasteiger partial charge in [0.15, 0.2) is 9.84 Å². The van der Waals surface area contributed by atoms with E-state index >= 15 is 0 Å². The third kappa shape index (κ3) is 4.91. The van der Waals surface area contributed by atoms with E-state index in [0.717, 1.165) is 10.0 Å². The lowest BCUT2D eigenvalue weighted by molar-refractivity contribution is -0.121. The molecule has 2 aromatic carbocycles. The largest absolute Gasteiger partial charge is 0.350 e. The van der Waals surface area contributed by atoms with Gasteiger partial charge in [0.25, 0.3) is 0 Å². The van der Waals surface area contributed by atoms with Crippen molar-refractivity contribution in [2.45, 2.75) is 24.3 Å². The maximum atomic E-state index is 12.2. The molecule has 2 rings (SSSR count). The molecule has 0 heterocycles. The molecule has 4 nitrogen and oxygen atoms in total. The van der Waals surface area contributed by atoms with Crippen LogP contribution in [0.4, 0.5) is 0 Å². The van der Waals surface area contributed by atoms with Crippen molar-refractivity contribution in [3.63, 3.8) is 0 Å². The first kappa shape index (κ1) is 17.7. The Balaban J connectivity index is 1.94. The number of benzene rings is 2. The minimum Gasteiger partial charge on any atom is -0.350 e. The number of hydrogen-bond acceptors (Lipinski definition) is 3. The zero-order chi connectivity index (χ0) is 16.9. The topological polar surface area (TPSA) is 63.2 Å². The van der Waals surface area contributed by atoms with E-state index in [4.69, 9.17) is 0 Å². The molecule has 0 fully saturated rings. The average molecular weight is 396 g/mol. The lowest BCUT2D eigenvalue weighted by atomic mass is 10.1. The molecule has 0 bridgehead atoms. The van der Waals surface area contributed by atoms with Gasteiger partial charge in [-0.05, 0) is 30.7 Å². The van der Waals surface area contributed by atoms with Crippen LogP contribution in [0.2, 0.25) is 0 Å². The molecule has 0 radical (unpaired) electrons. The minimum absolute atomic E-state index is 0.0635. The summed E-state index contributed by atoms with van der Waals surface area (Å²) < 4.78 is 25.2. The molecule has 6 heteroatoms. The van der Waals surface area contributed by atoms with Crippen LogP contribution in [0, 0.1) is 0 Å². The van der Waals surface area contributed by atoms with E-state index in [1.54, 1.807) is 18.2 Å². The second-order valence-electron chi connectivity index (χ2n) is 5.19. The van der Waals surface area contributed by atoms with E-state index in [1.165, 1.54) is 12.1 Å². The van der Waals surface area contributed by atoms with Gasteiger partial charge in [-0.25, -0.2) is 8.42 Å². The summed E-state index contributed by atoms with van der Waals surface area (Å²) in [4.78, 5) is 12.3. The summed E-state index contributed by atoms with van der Waals surface area (Å²) in [5.41, 5.74) is 0.951. The second kappa shape index (κ2) is 7.75. The standard InChI is InChI=1S/C17H18BrNO3S/c1-13(15-9-5-6-10-16(15)18)19-17(20)11-12-23(21,22)14-7-3-2-4-8-14/h2-10,13H,11-12H2,1H3,(H,19,20)/t13-/m1/s1. The van der Waals surface area contributed by atoms with Crippen LogP contribution < -0.4 is 5.32 Å². The monoisotopic (exact) mass is 395 g/mol. The van der Waals surface area contributed by atoms with Crippen molar-refractivity contribution in [1.29, 1.82) is 0 Å². The molecule has 0 aliphatic carbocycles. The number of carbonyl (C=O) groups is 1. The Labute approximate surface area is 145 Å². The molecule has 0 aliphatic heterocycles. The molecule has 122 valence electrons. The molecule has 0 spiro atoms. The van der Waals surface area contributed by atoms with E-state index in [1.807, 2.05) is 31.2 Å². The van der Waals surface area contributed by atoms with E-state index in [2.05, 4.69) is 21.2 Å². The maximum Gasteiger partial charge on any atom is 0.221 e. The maximum absolute atomic E-state index is 12.2. The highest BCUT2D eigenvalue weighted by Crippen LogP contribution is 2.22. The zero-order valence-corrected chi connectivity index (χ0v) is 15.1. The number of amides is 1. The number of halogens is 1. The molecule has 0 unspecified atom stereocenters. The number of rotatable bonds is 6. The Kier molecular flexibility index (Phi) is 5.96. The normalized spacial score (nSPS) is 12.6. The Morgan fingerprint density at radius 2 is 1.70 bits per heavy atom. The predicted octanol–water partition coefficient (Wildman–Crippen LogP) is 3.49. The minimum atomic E-state index is -3.43. The van der Waals surface area contributed by atoms with Crippen molar-refractivity contribution in [3.05, 3.63) is 64.6 Å². The van der Waals surface area contributed by atoms with Crippen molar-refractivity contribution in [2.24, 2.45) is 0 Å². The fourth-order valence-electron chi connectivity index (χ4n) is 2.19. The Morgan fingerprint density at radius 1 is 1.09 bits per heavy atom. The quantitative estimate of drug-likeness (QED) is 0.813. The van der Waals surface area contributed by atoms with Gasteiger partial charge < -0.3 is 5.32 Å². The average Bonchev–Trinajstić information content (AvgIpc) is 2.54. The molecule has 0 saturated heterocycles. The van der Waals surface area contributed by atoms with Crippen molar-refractivity contribution in [2.75, 3.05) is 5.75 Å². The highest BCUT2D eigenvalue weighted by Gasteiger charge is 2.17. The predicted molar refractivity (Wildman–Crippen MR) is 93.8 cm³/mol. The van der Waals surface area contributed by atoms with Gasteiger partial charge in [-0.3, -0.25) is 4.79 Å². The summed E-state index contributed by atoms with van der Waals surface area (Å²) in [6.07, 6.45) is -0.0635. The van der Waals surface area contributed by atoms with Gasteiger partial charge in [-0.1, -0.05) is 52.3 Å². The lowest BCUT2D eigenvalue weighted by Gasteiger charge is -2.16.